The Morgan fingerprint density at radius 1 is 1.13 bits per heavy atom. The SMILES string of the molecule is Cc1ccc(C(C[N+](=O)[O-])n2ccnc2-c2ccccc2)cc1. The van der Waals surface area contributed by atoms with E-state index in [9.17, 15) is 10.1 Å². The number of rotatable bonds is 5. The van der Waals surface area contributed by atoms with E-state index in [1.54, 1.807) is 12.4 Å². The van der Waals surface area contributed by atoms with Crippen LogP contribution in [-0.2, 0) is 0 Å². The number of nitro groups is 1. The minimum absolute atomic E-state index is 0.181. The fraction of sp³-hybridized carbons (Fsp3) is 0.167. The van der Waals surface area contributed by atoms with E-state index >= 15 is 0 Å². The van der Waals surface area contributed by atoms with Crippen LogP contribution in [0.3, 0.4) is 0 Å². The van der Waals surface area contributed by atoms with Gasteiger partial charge in [0.25, 0.3) is 0 Å². The molecule has 5 heteroatoms. The van der Waals surface area contributed by atoms with Crippen LogP contribution in [0.5, 0.6) is 0 Å². The summed E-state index contributed by atoms with van der Waals surface area (Å²) < 4.78 is 1.88. The summed E-state index contributed by atoms with van der Waals surface area (Å²) in [6.07, 6.45) is 3.49. The molecule has 1 atom stereocenters. The predicted molar refractivity (Wildman–Crippen MR) is 88.8 cm³/mol. The quantitative estimate of drug-likeness (QED) is 0.533. The Morgan fingerprint density at radius 3 is 2.48 bits per heavy atom. The maximum absolute atomic E-state index is 11.2. The molecule has 0 radical (unpaired) electrons. The molecule has 0 saturated carbocycles. The van der Waals surface area contributed by atoms with E-state index in [1.807, 2.05) is 66.1 Å². The standard InChI is InChI=1S/C18H17N3O2/c1-14-7-9-15(10-8-14)17(13-21(22)23)20-12-11-19-18(20)16-5-3-2-4-6-16/h2-12,17H,13H2,1H3. The molecule has 0 amide bonds. The zero-order valence-corrected chi connectivity index (χ0v) is 12.8. The molecular weight excluding hydrogens is 290 g/mol. The van der Waals surface area contributed by atoms with Crippen molar-refractivity contribution in [2.75, 3.05) is 6.54 Å². The third kappa shape index (κ3) is 3.29. The first-order valence-corrected chi connectivity index (χ1v) is 7.42. The molecule has 1 aromatic heterocycles. The average Bonchev–Trinajstić information content (AvgIpc) is 3.03. The highest BCUT2D eigenvalue weighted by molar-refractivity contribution is 5.55. The zero-order chi connectivity index (χ0) is 16.2. The van der Waals surface area contributed by atoms with Crippen LogP contribution in [0.2, 0.25) is 0 Å². The summed E-state index contributed by atoms with van der Waals surface area (Å²) in [5, 5.41) is 11.2. The van der Waals surface area contributed by atoms with Gasteiger partial charge in [0, 0.05) is 22.9 Å². The lowest BCUT2D eigenvalue weighted by Gasteiger charge is -2.18. The number of nitrogens with zero attached hydrogens (tertiary/aromatic N) is 3. The number of benzene rings is 2. The van der Waals surface area contributed by atoms with Crippen LogP contribution in [0.4, 0.5) is 0 Å². The van der Waals surface area contributed by atoms with Gasteiger partial charge in [0.2, 0.25) is 6.54 Å². The number of aromatic nitrogens is 2. The first kappa shape index (κ1) is 15.0. The summed E-state index contributed by atoms with van der Waals surface area (Å²) >= 11 is 0. The summed E-state index contributed by atoms with van der Waals surface area (Å²) in [6.45, 7) is 1.82. The lowest BCUT2D eigenvalue weighted by Crippen LogP contribution is -2.20. The van der Waals surface area contributed by atoms with Gasteiger partial charge in [-0.05, 0) is 12.5 Å². The molecule has 0 N–H and O–H groups in total. The maximum atomic E-state index is 11.2. The average molecular weight is 307 g/mol. The molecular formula is C18H17N3O2. The number of imidazole rings is 1. The maximum Gasteiger partial charge on any atom is 0.228 e. The third-order valence-corrected chi connectivity index (χ3v) is 3.82. The minimum Gasteiger partial charge on any atom is -0.317 e. The Labute approximate surface area is 134 Å². The van der Waals surface area contributed by atoms with E-state index in [-0.39, 0.29) is 17.5 Å². The lowest BCUT2D eigenvalue weighted by molar-refractivity contribution is -0.484. The van der Waals surface area contributed by atoms with Crippen LogP contribution in [0.25, 0.3) is 11.4 Å². The Balaban J connectivity index is 2.06. The fourth-order valence-corrected chi connectivity index (χ4v) is 2.66. The molecule has 0 aliphatic heterocycles. The fourth-order valence-electron chi connectivity index (χ4n) is 2.66. The molecule has 1 unspecified atom stereocenters. The summed E-state index contributed by atoms with van der Waals surface area (Å²) in [4.78, 5) is 15.3. The van der Waals surface area contributed by atoms with Crippen molar-refractivity contribution in [3.8, 4) is 11.4 Å². The number of hydrogen-bond donors (Lipinski definition) is 0. The minimum atomic E-state index is -0.386. The van der Waals surface area contributed by atoms with Gasteiger partial charge in [-0.3, -0.25) is 10.1 Å². The van der Waals surface area contributed by atoms with Gasteiger partial charge in [-0.2, -0.15) is 0 Å². The second-order valence-corrected chi connectivity index (χ2v) is 5.47. The molecule has 0 aliphatic rings. The summed E-state index contributed by atoms with van der Waals surface area (Å²) in [7, 11) is 0. The topological polar surface area (TPSA) is 61.0 Å². The highest BCUT2D eigenvalue weighted by atomic mass is 16.6. The Morgan fingerprint density at radius 2 is 1.83 bits per heavy atom. The summed E-state index contributed by atoms with van der Waals surface area (Å²) in [5.74, 6) is 0.734. The first-order chi connectivity index (χ1) is 11.1. The molecule has 116 valence electrons. The van der Waals surface area contributed by atoms with Crippen LogP contribution in [-0.4, -0.2) is 21.0 Å². The van der Waals surface area contributed by atoms with E-state index in [4.69, 9.17) is 0 Å². The molecule has 0 aliphatic carbocycles. The zero-order valence-electron chi connectivity index (χ0n) is 12.8. The second kappa shape index (κ2) is 6.44. The molecule has 3 aromatic rings. The van der Waals surface area contributed by atoms with Crippen molar-refractivity contribution in [3.63, 3.8) is 0 Å². The largest absolute Gasteiger partial charge is 0.317 e. The molecule has 1 heterocycles. The normalized spacial score (nSPS) is 12.0. The molecule has 3 rings (SSSR count). The van der Waals surface area contributed by atoms with E-state index in [2.05, 4.69) is 4.98 Å². The lowest BCUT2D eigenvalue weighted by atomic mass is 10.0. The van der Waals surface area contributed by atoms with Crippen LogP contribution < -0.4 is 0 Å². The predicted octanol–water partition coefficient (Wildman–Crippen LogP) is 3.72. The summed E-state index contributed by atoms with van der Waals surface area (Å²) in [5.41, 5.74) is 2.97. The van der Waals surface area contributed by atoms with Crippen LogP contribution in [0.1, 0.15) is 17.2 Å². The van der Waals surface area contributed by atoms with Crippen molar-refractivity contribution in [1.29, 1.82) is 0 Å². The van der Waals surface area contributed by atoms with Crippen molar-refractivity contribution in [2.24, 2.45) is 0 Å². The molecule has 0 saturated heterocycles. The molecule has 0 spiro atoms. The third-order valence-electron chi connectivity index (χ3n) is 3.82. The molecule has 5 nitrogen and oxygen atoms in total. The number of hydrogen-bond acceptors (Lipinski definition) is 3. The van der Waals surface area contributed by atoms with Gasteiger partial charge < -0.3 is 4.57 Å². The van der Waals surface area contributed by atoms with E-state index in [1.165, 1.54) is 0 Å². The van der Waals surface area contributed by atoms with Crippen LogP contribution >= 0.6 is 0 Å². The van der Waals surface area contributed by atoms with Gasteiger partial charge in [0.15, 0.2) is 0 Å². The number of aryl methyl sites for hydroxylation is 1. The Bertz CT molecular complexity index is 795. The molecule has 0 fully saturated rings. The van der Waals surface area contributed by atoms with Gasteiger partial charge in [-0.1, -0.05) is 60.2 Å². The van der Waals surface area contributed by atoms with Crippen molar-refractivity contribution < 1.29 is 4.92 Å². The smallest absolute Gasteiger partial charge is 0.228 e. The van der Waals surface area contributed by atoms with Crippen molar-refractivity contribution >= 4 is 0 Å². The van der Waals surface area contributed by atoms with Crippen molar-refractivity contribution in [3.05, 3.63) is 88.2 Å². The van der Waals surface area contributed by atoms with Gasteiger partial charge in [-0.15, -0.1) is 0 Å². The highest BCUT2D eigenvalue weighted by Gasteiger charge is 2.22. The van der Waals surface area contributed by atoms with E-state index in [0.29, 0.717) is 0 Å². The van der Waals surface area contributed by atoms with Gasteiger partial charge in [0.1, 0.15) is 11.9 Å². The first-order valence-electron chi connectivity index (χ1n) is 7.42. The van der Waals surface area contributed by atoms with Crippen molar-refractivity contribution in [2.45, 2.75) is 13.0 Å². The van der Waals surface area contributed by atoms with Gasteiger partial charge in [0.05, 0.1) is 0 Å². The Hall–Kier alpha value is -2.95. The van der Waals surface area contributed by atoms with Gasteiger partial charge >= 0.3 is 0 Å². The molecule has 2 aromatic carbocycles. The van der Waals surface area contributed by atoms with E-state index < -0.39 is 0 Å². The second-order valence-electron chi connectivity index (χ2n) is 5.47. The van der Waals surface area contributed by atoms with E-state index in [0.717, 1.165) is 22.5 Å². The Kier molecular flexibility index (Phi) is 4.19. The molecule has 0 bridgehead atoms. The monoisotopic (exact) mass is 307 g/mol. The molecule has 23 heavy (non-hydrogen) atoms. The highest BCUT2D eigenvalue weighted by Crippen LogP contribution is 2.26. The van der Waals surface area contributed by atoms with Gasteiger partial charge in [-0.25, -0.2) is 4.98 Å². The van der Waals surface area contributed by atoms with Crippen LogP contribution in [0.15, 0.2) is 67.0 Å². The van der Waals surface area contributed by atoms with Crippen LogP contribution in [0, 0.1) is 17.0 Å². The van der Waals surface area contributed by atoms with Crippen molar-refractivity contribution in [1.82, 2.24) is 9.55 Å². The summed E-state index contributed by atoms with van der Waals surface area (Å²) in [6, 6.07) is 17.2.